The number of aryl methyl sites for hydroxylation is 1. The number of ether oxygens (including phenoxy) is 1. The lowest BCUT2D eigenvalue weighted by Gasteiger charge is -2.08. The average molecular weight is 204 g/mol. The molecule has 0 spiro atoms. The largest absolute Gasteiger partial charge is 0.489 e. The fourth-order valence-electron chi connectivity index (χ4n) is 1.87. The lowest BCUT2D eigenvalue weighted by atomic mass is 10.1. The highest BCUT2D eigenvalue weighted by Crippen LogP contribution is 2.33. The fraction of sp³-hybridized carbons (Fsp3) is 0.385. The lowest BCUT2D eigenvalue weighted by molar-refractivity contribution is 0.180. The topological polar surface area (TPSA) is 29.5 Å². The van der Waals surface area contributed by atoms with Gasteiger partial charge in [-0.05, 0) is 48.6 Å². The van der Waals surface area contributed by atoms with E-state index in [9.17, 15) is 5.11 Å². The first-order chi connectivity index (χ1) is 7.16. The van der Waals surface area contributed by atoms with E-state index in [1.807, 2.05) is 25.1 Å². The first kappa shape index (κ1) is 10.2. The van der Waals surface area contributed by atoms with Gasteiger partial charge in [-0.15, -0.1) is 0 Å². The molecule has 0 radical (unpaired) electrons. The Kier molecular flexibility index (Phi) is 2.78. The summed E-state index contributed by atoms with van der Waals surface area (Å²) in [5.41, 5.74) is 3.27. The maximum absolute atomic E-state index is 9.64. The van der Waals surface area contributed by atoms with Gasteiger partial charge in [-0.25, -0.2) is 0 Å². The second-order valence-electron chi connectivity index (χ2n) is 4.16. The third-order valence-electron chi connectivity index (χ3n) is 2.65. The van der Waals surface area contributed by atoms with Crippen molar-refractivity contribution < 1.29 is 9.84 Å². The van der Waals surface area contributed by atoms with Gasteiger partial charge in [0.15, 0.2) is 0 Å². The van der Waals surface area contributed by atoms with Gasteiger partial charge in [0, 0.05) is 0 Å². The van der Waals surface area contributed by atoms with Crippen molar-refractivity contribution in [2.75, 3.05) is 6.61 Å². The highest BCUT2D eigenvalue weighted by Gasteiger charge is 2.20. The molecule has 1 N–H and O–H groups in total. The molecule has 0 fully saturated rings. The minimum absolute atomic E-state index is 0.282. The van der Waals surface area contributed by atoms with E-state index in [2.05, 4.69) is 6.58 Å². The van der Waals surface area contributed by atoms with Crippen molar-refractivity contribution in [3.05, 3.63) is 41.5 Å². The lowest BCUT2D eigenvalue weighted by Crippen LogP contribution is -1.98. The Labute approximate surface area is 90.2 Å². The monoisotopic (exact) mass is 204 g/mol. The van der Waals surface area contributed by atoms with Crippen molar-refractivity contribution in [2.24, 2.45) is 0 Å². The van der Waals surface area contributed by atoms with Gasteiger partial charge in [-0.2, -0.15) is 0 Å². The summed E-state index contributed by atoms with van der Waals surface area (Å²) in [6.45, 7) is 6.29. The van der Waals surface area contributed by atoms with Gasteiger partial charge in [0.05, 0.1) is 6.10 Å². The van der Waals surface area contributed by atoms with Crippen LogP contribution in [0, 0.1) is 0 Å². The zero-order valence-electron chi connectivity index (χ0n) is 8.99. The summed E-state index contributed by atoms with van der Waals surface area (Å²) < 4.78 is 5.55. The second-order valence-corrected chi connectivity index (χ2v) is 4.16. The minimum Gasteiger partial charge on any atom is -0.489 e. The van der Waals surface area contributed by atoms with Crippen LogP contribution in [0.1, 0.15) is 30.6 Å². The van der Waals surface area contributed by atoms with Gasteiger partial charge in [-0.1, -0.05) is 12.6 Å². The summed E-state index contributed by atoms with van der Waals surface area (Å²) in [6, 6.07) is 5.89. The number of fused-ring (bicyclic) bond motifs is 1. The van der Waals surface area contributed by atoms with Crippen LogP contribution < -0.4 is 4.74 Å². The summed E-state index contributed by atoms with van der Waals surface area (Å²) in [7, 11) is 0. The van der Waals surface area contributed by atoms with Gasteiger partial charge in [0.2, 0.25) is 0 Å². The van der Waals surface area contributed by atoms with Crippen molar-refractivity contribution >= 4 is 0 Å². The Morgan fingerprint density at radius 3 is 3.13 bits per heavy atom. The number of benzene rings is 1. The number of aliphatic hydroxyl groups excluding tert-OH is 1. The van der Waals surface area contributed by atoms with E-state index in [1.54, 1.807) is 0 Å². The zero-order valence-corrected chi connectivity index (χ0v) is 8.99. The van der Waals surface area contributed by atoms with E-state index in [-0.39, 0.29) is 6.10 Å². The molecule has 1 aromatic carbocycles. The van der Waals surface area contributed by atoms with E-state index in [1.165, 1.54) is 5.56 Å². The highest BCUT2D eigenvalue weighted by molar-refractivity contribution is 5.39. The van der Waals surface area contributed by atoms with Crippen LogP contribution in [0.15, 0.2) is 30.4 Å². The van der Waals surface area contributed by atoms with E-state index in [0.29, 0.717) is 6.61 Å². The van der Waals surface area contributed by atoms with Gasteiger partial charge in [0.1, 0.15) is 12.4 Å². The number of hydrogen-bond acceptors (Lipinski definition) is 2. The molecule has 2 nitrogen and oxygen atoms in total. The second kappa shape index (κ2) is 4.07. The van der Waals surface area contributed by atoms with Crippen LogP contribution in [0.4, 0.5) is 0 Å². The summed E-state index contributed by atoms with van der Waals surface area (Å²) >= 11 is 0. The molecule has 0 saturated heterocycles. The standard InChI is InChI=1S/C13H16O2/c1-9(2)8-15-11-4-5-12-10(7-11)3-6-13(12)14/h4-5,7,13-14H,1,3,6,8H2,2H3/t13-/m0/s1. The van der Waals surface area contributed by atoms with Crippen molar-refractivity contribution in [1.29, 1.82) is 0 Å². The smallest absolute Gasteiger partial charge is 0.120 e. The van der Waals surface area contributed by atoms with Gasteiger partial charge >= 0.3 is 0 Å². The first-order valence-corrected chi connectivity index (χ1v) is 5.25. The highest BCUT2D eigenvalue weighted by atomic mass is 16.5. The molecular formula is C13H16O2. The molecule has 1 aliphatic rings. The van der Waals surface area contributed by atoms with Crippen LogP contribution >= 0.6 is 0 Å². The molecule has 0 bridgehead atoms. The molecule has 2 rings (SSSR count). The third-order valence-corrected chi connectivity index (χ3v) is 2.65. The molecule has 1 aliphatic carbocycles. The molecule has 80 valence electrons. The first-order valence-electron chi connectivity index (χ1n) is 5.25. The Bertz CT molecular complexity index is 382. The van der Waals surface area contributed by atoms with Crippen molar-refractivity contribution in [3.8, 4) is 5.75 Å². The van der Waals surface area contributed by atoms with Gasteiger partial charge in [-0.3, -0.25) is 0 Å². The molecule has 0 aliphatic heterocycles. The SMILES string of the molecule is C=C(C)COc1ccc2c(c1)CC[C@@H]2O. The molecular weight excluding hydrogens is 188 g/mol. The minimum atomic E-state index is -0.282. The number of rotatable bonds is 3. The Balaban J connectivity index is 2.12. The summed E-state index contributed by atoms with van der Waals surface area (Å²) in [4.78, 5) is 0. The van der Waals surface area contributed by atoms with Crippen LogP contribution in [0.5, 0.6) is 5.75 Å². The maximum atomic E-state index is 9.64. The maximum Gasteiger partial charge on any atom is 0.120 e. The molecule has 0 amide bonds. The molecule has 0 unspecified atom stereocenters. The van der Waals surface area contributed by atoms with E-state index >= 15 is 0 Å². The molecule has 0 aromatic heterocycles. The Hall–Kier alpha value is -1.28. The quantitative estimate of drug-likeness (QED) is 0.767. The normalized spacial score (nSPS) is 18.7. The number of hydrogen-bond donors (Lipinski definition) is 1. The summed E-state index contributed by atoms with van der Waals surface area (Å²) in [5.74, 6) is 0.867. The molecule has 1 aromatic rings. The van der Waals surface area contributed by atoms with Crippen molar-refractivity contribution in [2.45, 2.75) is 25.9 Å². The number of aliphatic hydroxyl groups is 1. The molecule has 1 atom stereocenters. The summed E-state index contributed by atoms with van der Waals surface area (Å²) in [5, 5.41) is 9.64. The average Bonchev–Trinajstić information content (AvgIpc) is 2.57. The zero-order chi connectivity index (χ0) is 10.8. The van der Waals surface area contributed by atoms with Crippen molar-refractivity contribution in [1.82, 2.24) is 0 Å². The van der Waals surface area contributed by atoms with Crippen LogP contribution in [-0.2, 0) is 6.42 Å². The molecule has 2 heteroatoms. The van der Waals surface area contributed by atoms with Crippen LogP contribution in [-0.4, -0.2) is 11.7 Å². The van der Waals surface area contributed by atoms with Crippen LogP contribution in [0.3, 0.4) is 0 Å². The molecule has 0 saturated carbocycles. The van der Waals surface area contributed by atoms with Gasteiger partial charge in [0.25, 0.3) is 0 Å². The Morgan fingerprint density at radius 2 is 2.40 bits per heavy atom. The predicted octanol–water partition coefficient (Wildman–Crippen LogP) is 2.62. The van der Waals surface area contributed by atoms with Gasteiger partial charge < -0.3 is 9.84 Å². The summed E-state index contributed by atoms with van der Waals surface area (Å²) in [6.07, 6.45) is 1.50. The van der Waals surface area contributed by atoms with Crippen LogP contribution in [0.2, 0.25) is 0 Å². The van der Waals surface area contributed by atoms with Crippen molar-refractivity contribution in [3.63, 3.8) is 0 Å². The molecule has 15 heavy (non-hydrogen) atoms. The van der Waals surface area contributed by atoms with E-state index in [4.69, 9.17) is 4.74 Å². The van der Waals surface area contributed by atoms with Crippen LogP contribution in [0.25, 0.3) is 0 Å². The van der Waals surface area contributed by atoms with E-state index < -0.39 is 0 Å². The van der Waals surface area contributed by atoms with E-state index in [0.717, 1.165) is 29.7 Å². The predicted molar refractivity (Wildman–Crippen MR) is 60.0 cm³/mol. The third kappa shape index (κ3) is 2.21. The molecule has 0 heterocycles. The fourth-order valence-corrected chi connectivity index (χ4v) is 1.87. The Morgan fingerprint density at radius 1 is 1.60 bits per heavy atom.